The average molecular weight is 191 g/mol. The summed E-state index contributed by atoms with van der Waals surface area (Å²) in [5, 5.41) is 2.44. The van der Waals surface area contributed by atoms with Gasteiger partial charge in [-0.1, -0.05) is 18.2 Å². The molecule has 0 aliphatic rings. The standard InChI is InChI=1S/C9H9N3O2/c1-11-8(13)10-12(9(11)14)7-5-3-2-4-6-7/h2-6H,1H3,(H,10,13). The number of nitrogens with zero attached hydrogens (tertiary/aromatic N) is 2. The quantitative estimate of drug-likeness (QED) is 0.682. The van der Waals surface area contributed by atoms with Crippen molar-refractivity contribution in [3.63, 3.8) is 0 Å². The van der Waals surface area contributed by atoms with Crippen molar-refractivity contribution in [1.82, 2.24) is 14.3 Å². The van der Waals surface area contributed by atoms with Gasteiger partial charge < -0.3 is 0 Å². The van der Waals surface area contributed by atoms with Crippen molar-refractivity contribution >= 4 is 0 Å². The molecule has 0 radical (unpaired) electrons. The molecule has 1 aromatic carbocycles. The van der Waals surface area contributed by atoms with Crippen LogP contribution in [0.2, 0.25) is 0 Å². The minimum atomic E-state index is -0.418. The normalized spacial score (nSPS) is 10.4. The zero-order chi connectivity index (χ0) is 10.1. The molecule has 0 unspecified atom stereocenters. The highest BCUT2D eigenvalue weighted by molar-refractivity contribution is 5.29. The minimum Gasteiger partial charge on any atom is -0.246 e. The van der Waals surface area contributed by atoms with Crippen LogP contribution in [0.1, 0.15) is 0 Å². The van der Waals surface area contributed by atoms with Crippen LogP contribution in [0.25, 0.3) is 5.69 Å². The third-order valence-corrected chi connectivity index (χ3v) is 2.00. The number of rotatable bonds is 1. The molecule has 0 amide bonds. The molecule has 0 aliphatic carbocycles. The molecule has 1 N–H and O–H groups in total. The second-order valence-electron chi connectivity index (χ2n) is 2.93. The monoisotopic (exact) mass is 191 g/mol. The van der Waals surface area contributed by atoms with Gasteiger partial charge in [-0.25, -0.2) is 23.9 Å². The molecule has 0 aliphatic heterocycles. The number of para-hydroxylation sites is 1. The molecule has 0 saturated heterocycles. The Hall–Kier alpha value is -2.04. The van der Waals surface area contributed by atoms with Crippen LogP contribution in [-0.2, 0) is 7.05 Å². The molecule has 0 bridgehead atoms. The van der Waals surface area contributed by atoms with E-state index >= 15 is 0 Å². The molecule has 0 spiro atoms. The summed E-state index contributed by atoms with van der Waals surface area (Å²) in [5.74, 6) is 0. The first-order valence-electron chi connectivity index (χ1n) is 4.13. The number of hydrogen-bond acceptors (Lipinski definition) is 2. The third-order valence-electron chi connectivity index (χ3n) is 2.00. The van der Waals surface area contributed by atoms with Gasteiger partial charge in [0.1, 0.15) is 0 Å². The molecule has 5 heteroatoms. The summed E-state index contributed by atoms with van der Waals surface area (Å²) in [6.45, 7) is 0. The van der Waals surface area contributed by atoms with Crippen molar-refractivity contribution in [1.29, 1.82) is 0 Å². The van der Waals surface area contributed by atoms with Crippen LogP contribution in [0.3, 0.4) is 0 Å². The van der Waals surface area contributed by atoms with Gasteiger partial charge in [0.2, 0.25) is 0 Å². The van der Waals surface area contributed by atoms with Crippen molar-refractivity contribution in [3.8, 4) is 5.69 Å². The fourth-order valence-corrected chi connectivity index (χ4v) is 1.21. The second-order valence-corrected chi connectivity index (χ2v) is 2.93. The number of nitrogens with one attached hydrogen (secondary N) is 1. The number of H-pyrrole nitrogens is 1. The average Bonchev–Trinajstić information content (AvgIpc) is 2.47. The van der Waals surface area contributed by atoms with E-state index in [0.717, 1.165) is 4.57 Å². The lowest BCUT2D eigenvalue weighted by Gasteiger charge is -1.97. The Kier molecular flexibility index (Phi) is 1.85. The van der Waals surface area contributed by atoms with Crippen molar-refractivity contribution in [2.24, 2.45) is 7.05 Å². The largest absolute Gasteiger partial charge is 0.351 e. The lowest BCUT2D eigenvalue weighted by atomic mass is 10.3. The maximum Gasteiger partial charge on any atom is 0.351 e. The van der Waals surface area contributed by atoms with Crippen molar-refractivity contribution < 1.29 is 0 Å². The lowest BCUT2D eigenvalue weighted by Crippen LogP contribution is -2.25. The van der Waals surface area contributed by atoms with E-state index in [-0.39, 0.29) is 5.69 Å². The number of aromatic nitrogens is 3. The van der Waals surface area contributed by atoms with Crippen molar-refractivity contribution in [2.75, 3.05) is 0 Å². The van der Waals surface area contributed by atoms with E-state index in [0.29, 0.717) is 5.69 Å². The Balaban J connectivity index is 2.71. The van der Waals surface area contributed by atoms with Gasteiger partial charge in [-0.15, -0.1) is 0 Å². The van der Waals surface area contributed by atoms with Crippen LogP contribution in [0.15, 0.2) is 39.9 Å². The Morgan fingerprint density at radius 1 is 1.14 bits per heavy atom. The maximum absolute atomic E-state index is 11.5. The van der Waals surface area contributed by atoms with Crippen LogP contribution < -0.4 is 11.4 Å². The topological polar surface area (TPSA) is 59.8 Å². The van der Waals surface area contributed by atoms with Gasteiger partial charge in [-0.3, -0.25) is 0 Å². The fourth-order valence-electron chi connectivity index (χ4n) is 1.21. The van der Waals surface area contributed by atoms with Crippen LogP contribution in [0.4, 0.5) is 0 Å². The fraction of sp³-hybridized carbons (Fsp3) is 0.111. The summed E-state index contributed by atoms with van der Waals surface area (Å²) >= 11 is 0. The lowest BCUT2D eigenvalue weighted by molar-refractivity contribution is 0.795. The van der Waals surface area contributed by atoms with Gasteiger partial charge in [0.05, 0.1) is 5.69 Å². The van der Waals surface area contributed by atoms with E-state index in [9.17, 15) is 9.59 Å². The molecular formula is C9H9N3O2. The molecule has 2 aromatic rings. The Bertz CT molecular complexity index is 547. The predicted molar refractivity (Wildman–Crippen MR) is 51.6 cm³/mol. The first-order valence-corrected chi connectivity index (χ1v) is 4.13. The molecule has 14 heavy (non-hydrogen) atoms. The molecule has 0 saturated carbocycles. The Morgan fingerprint density at radius 3 is 2.29 bits per heavy atom. The summed E-state index contributed by atoms with van der Waals surface area (Å²) in [7, 11) is 1.43. The molecule has 0 fully saturated rings. The smallest absolute Gasteiger partial charge is 0.246 e. The number of benzene rings is 1. The summed E-state index contributed by atoms with van der Waals surface area (Å²) in [6, 6.07) is 8.93. The Labute approximate surface area is 79.2 Å². The van der Waals surface area contributed by atoms with Crippen LogP contribution >= 0.6 is 0 Å². The van der Waals surface area contributed by atoms with E-state index in [1.54, 1.807) is 24.3 Å². The van der Waals surface area contributed by atoms with Crippen LogP contribution in [0.5, 0.6) is 0 Å². The maximum atomic E-state index is 11.5. The molecule has 2 rings (SSSR count). The molecule has 72 valence electrons. The van der Waals surface area contributed by atoms with E-state index in [4.69, 9.17) is 0 Å². The highest BCUT2D eigenvalue weighted by Gasteiger charge is 2.05. The minimum absolute atomic E-state index is 0.374. The summed E-state index contributed by atoms with van der Waals surface area (Å²) < 4.78 is 2.23. The Morgan fingerprint density at radius 2 is 1.79 bits per heavy atom. The summed E-state index contributed by atoms with van der Waals surface area (Å²) in [6.07, 6.45) is 0. The first kappa shape index (κ1) is 8.55. The van der Waals surface area contributed by atoms with Gasteiger partial charge in [0, 0.05) is 7.05 Å². The SMILES string of the molecule is Cn1c(=O)[nH]n(-c2ccccc2)c1=O. The van der Waals surface area contributed by atoms with Crippen molar-refractivity contribution in [3.05, 3.63) is 51.3 Å². The molecule has 0 atom stereocenters. The van der Waals surface area contributed by atoms with Gasteiger partial charge in [-0.2, -0.15) is 0 Å². The number of aromatic amines is 1. The molecular weight excluding hydrogens is 182 g/mol. The third kappa shape index (κ3) is 1.19. The highest BCUT2D eigenvalue weighted by Crippen LogP contribution is 1.99. The van der Waals surface area contributed by atoms with Crippen molar-refractivity contribution in [2.45, 2.75) is 0 Å². The van der Waals surface area contributed by atoms with Crippen LogP contribution in [-0.4, -0.2) is 14.3 Å². The van der Waals surface area contributed by atoms with Gasteiger partial charge in [-0.05, 0) is 12.1 Å². The second kappa shape index (κ2) is 3.02. The molecule has 1 heterocycles. The van der Waals surface area contributed by atoms with E-state index in [1.807, 2.05) is 6.07 Å². The molecule has 5 nitrogen and oxygen atoms in total. The zero-order valence-corrected chi connectivity index (χ0v) is 7.60. The van der Waals surface area contributed by atoms with E-state index in [2.05, 4.69) is 5.10 Å². The predicted octanol–water partition coefficient (Wildman–Crippen LogP) is -0.136. The van der Waals surface area contributed by atoms with Gasteiger partial charge in [0.25, 0.3) is 0 Å². The van der Waals surface area contributed by atoms with Gasteiger partial charge >= 0.3 is 11.4 Å². The summed E-state index contributed by atoms with van der Waals surface area (Å²) in [4.78, 5) is 22.6. The van der Waals surface area contributed by atoms with E-state index in [1.165, 1.54) is 11.7 Å². The van der Waals surface area contributed by atoms with Crippen LogP contribution in [0, 0.1) is 0 Å². The number of hydrogen-bond donors (Lipinski definition) is 1. The first-order chi connectivity index (χ1) is 6.70. The van der Waals surface area contributed by atoms with E-state index < -0.39 is 5.69 Å². The summed E-state index contributed by atoms with van der Waals surface area (Å²) in [5.41, 5.74) is -0.143. The molecule has 1 aromatic heterocycles. The highest BCUT2D eigenvalue weighted by atomic mass is 16.2. The van der Waals surface area contributed by atoms with Gasteiger partial charge in [0.15, 0.2) is 0 Å². The zero-order valence-electron chi connectivity index (χ0n) is 7.60.